The van der Waals surface area contributed by atoms with Crippen molar-refractivity contribution in [3.8, 4) is 5.75 Å². The SMILES string of the molecule is Cc1ccccc1O[C@H]1c2ccccc2C[C@@]1(O)CN=[N+]=[N-]. The summed E-state index contributed by atoms with van der Waals surface area (Å²) in [4.78, 5) is 2.78. The standard InChI is InChI=1S/C17H17N3O2/c1-12-6-2-5-9-15(12)22-16-14-8-4-3-7-13(14)10-17(16,21)11-19-20-18/h2-9,16,21H,10-11H2,1H3/t16-,17+/m0/s1. The molecule has 3 rings (SSSR count). The zero-order valence-corrected chi connectivity index (χ0v) is 12.3. The van der Waals surface area contributed by atoms with E-state index in [0.29, 0.717) is 6.42 Å². The maximum atomic E-state index is 11.0. The summed E-state index contributed by atoms with van der Waals surface area (Å²) in [5.74, 6) is 0.726. The van der Waals surface area contributed by atoms with E-state index in [1.165, 1.54) is 0 Å². The molecule has 1 aliphatic carbocycles. The minimum atomic E-state index is -1.22. The predicted octanol–water partition coefficient (Wildman–Crippen LogP) is 3.71. The van der Waals surface area contributed by atoms with Crippen LogP contribution in [0.5, 0.6) is 5.75 Å². The quantitative estimate of drug-likeness (QED) is 0.530. The summed E-state index contributed by atoms with van der Waals surface area (Å²) >= 11 is 0. The average Bonchev–Trinajstić information content (AvgIpc) is 2.80. The lowest BCUT2D eigenvalue weighted by Crippen LogP contribution is -2.39. The lowest BCUT2D eigenvalue weighted by molar-refractivity contribution is -0.0439. The van der Waals surface area contributed by atoms with Gasteiger partial charge in [-0.05, 0) is 35.2 Å². The van der Waals surface area contributed by atoms with E-state index >= 15 is 0 Å². The fourth-order valence-corrected chi connectivity index (χ4v) is 2.94. The van der Waals surface area contributed by atoms with E-state index in [9.17, 15) is 5.11 Å². The first-order chi connectivity index (χ1) is 10.6. The van der Waals surface area contributed by atoms with Crippen molar-refractivity contribution in [1.29, 1.82) is 0 Å². The number of hydrogen-bond acceptors (Lipinski definition) is 3. The molecule has 5 heteroatoms. The summed E-state index contributed by atoms with van der Waals surface area (Å²) in [6.45, 7) is 1.94. The van der Waals surface area contributed by atoms with Crippen LogP contribution in [0.4, 0.5) is 0 Å². The maximum Gasteiger partial charge on any atom is 0.153 e. The third kappa shape index (κ3) is 2.52. The van der Waals surface area contributed by atoms with Gasteiger partial charge in [-0.1, -0.05) is 47.6 Å². The molecule has 0 saturated carbocycles. The highest BCUT2D eigenvalue weighted by Gasteiger charge is 2.46. The molecule has 0 saturated heterocycles. The van der Waals surface area contributed by atoms with Crippen LogP contribution in [0.1, 0.15) is 22.8 Å². The number of azide groups is 1. The highest BCUT2D eigenvalue weighted by Crippen LogP contribution is 2.42. The number of benzene rings is 2. The van der Waals surface area contributed by atoms with Crippen molar-refractivity contribution in [1.82, 2.24) is 0 Å². The van der Waals surface area contributed by atoms with Crippen LogP contribution in [0.2, 0.25) is 0 Å². The topological polar surface area (TPSA) is 78.2 Å². The normalized spacial score (nSPS) is 22.7. The van der Waals surface area contributed by atoms with Gasteiger partial charge in [0.25, 0.3) is 0 Å². The van der Waals surface area contributed by atoms with E-state index in [2.05, 4.69) is 10.0 Å². The van der Waals surface area contributed by atoms with Crippen LogP contribution in [0.3, 0.4) is 0 Å². The summed E-state index contributed by atoms with van der Waals surface area (Å²) in [6, 6.07) is 15.5. The molecule has 1 N–H and O–H groups in total. The number of rotatable bonds is 4. The molecule has 0 fully saturated rings. The van der Waals surface area contributed by atoms with Gasteiger partial charge in [-0.2, -0.15) is 0 Å². The summed E-state index contributed by atoms with van der Waals surface area (Å²) in [6.07, 6.45) is -0.131. The van der Waals surface area contributed by atoms with Crippen LogP contribution in [-0.4, -0.2) is 17.3 Å². The third-order valence-electron chi connectivity index (χ3n) is 4.07. The second-order valence-electron chi connectivity index (χ2n) is 5.63. The van der Waals surface area contributed by atoms with Crippen LogP contribution < -0.4 is 4.74 Å². The Morgan fingerprint density at radius 3 is 2.77 bits per heavy atom. The Hall–Kier alpha value is -2.49. The van der Waals surface area contributed by atoms with Gasteiger partial charge < -0.3 is 9.84 Å². The van der Waals surface area contributed by atoms with Crippen LogP contribution >= 0.6 is 0 Å². The molecule has 5 nitrogen and oxygen atoms in total. The summed E-state index contributed by atoms with van der Waals surface area (Å²) in [5, 5.41) is 14.5. The zero-order valence-electron chi connectivity index (χ0n) is 12.3. The highest BCUT2D eigenvalue weighted by molar-refractivity contribution is 5.41. The molecule has 0 amide bonds. The molecule has 0 spiro atoms. The Kier molecular flexibility index (Phi) is 3.75. The van der Waals surface area contributed by atoms with Crippen molar-refractivity contribution in [3.05, 3.63) is 75.7 Å². The van der Waals surface area contributed by atoms with Gasteiger partial charge in [-0.15, -0.1) is 0 Å². The van der Waals surface area contributed by atoms with Gasteiger partial charge in [0.05, 0.1) is 6.54 Å². The van der Waals surface area contributed by atoms with Crippen molar-refractivity contribution in [3.63, 3.8) is 0 Å². The van der Waals surface area contributed by atoms with E-state index < -0.39 is 11.7 Å². The molecule has 0 unspecified atom stereocenters. The highest BCUT2D eigenvalue weighted by atomic mass is 16.5. The van der Waals surface area contributed by atoms with E-state index in [0.717, 1.165) is 22.4 Å². The molecule has 1 aliphatic rings. The molecule has 0 radical (unpaired) electrons. The minimum Gasteiger partial charge on any atom is -0.482 e. The Labute approximate surface area is 128 Å². The van der Waals surface area contributed by atoms with Crippen LogP contribution in [0.15, 0.2) is 53.6 Å². The zero-order chi connectivity index (χ0) is 15.6. The van der Waals surface area contributed by atoms with Gasteiger partial charge in [-0.25, -0.2) is 0 Å². The fourth-order valence-electron chi connectivity index (χ4n) is 2.94. The van der Waals surface area contributed by atoms with Crippen LogP contribution in [0, 0.1) is 6.92 Å². The predicted molar refractivity (Wildman–Crippen MR) is 83.7 cm³/mol. The molecular weight excluding hydrogens is 278 g/mol. The monoisotopic (exact) mass is 295 g/mol. The van der Waals surface area contributed by atoms with Crippen molar-refractivity contribution in [2.75, 3.05) is 6.54 Å². The molecule has 0 bridgehead atoms. The van der Waals surface area contributed by atoms with Gasteiger partial charge in [0.2, 0.25) is 0 Å². The molecular formula is C17H17N3O2. The van der Waals surface area contributed by atoms with Gasteiger partial charge in [0, 0.05) is 11.3 Å². The van der Waals surface area contributed by atoms with Crippen molar-refractivity contribution < 1.29 is 9.84 Å². The molecule has 22 heavy (non-hydrogen) atoms. The number of ether oxygens (including phenoxy) is 1. The number of aliphatic hydroxyl groups is 1. The Bertz CT molecular complexity index is 740. The molecule has 0 aliphatic heterocycles. The second kappa shape index (κ2) is 5.72. The third-order valence-corrected chi connectivity index (χ3v) is 4.07. The van der Waals surface area contributed by atoms with Gasteiger partial charge in [-0.3, -0.25) is 0 Å². The number of fused-ring (bicyclic) bond motifs is 1. The van der Waals surface area contributed by atoms with Gasteiger partial charge in [0.15, 0.2) is 6.10 Å². The van der Waals surface area contributed by atoms with Crippen LogP contribution in [0.25, 0.3) is 10.4 Å². The summed E-state index contributed by atoms with van der Waals surface area (Å²) in [7, 11) is 0. The van der Waals surface area contributed by atoms with Crippen LogP contribution in [-0.2, 0) is 6.42 Å². The number of para-hydroxylation sites is 1. The molecule has 0 heterocycles. The largest absolute Gasteiger partial charge is 0.482 e. The van der Waals surface area contributed by atoms with Gasteiger partial charge >= 0.3 is 0 Å². The summed E-state index contributed by atoms with van der Waals surface area (Å²) < 4.78 is 6.11. The first-order valence-corrected chi connectivity index (χ1v) is 7.17. The van der Waals surface area contributed by atoms with E-state index in [1.54, 1.807) is 0 Å². The molecule has 112 valence electrons. The molecule has 2 atom stereocenters. The number of aryl methyl sites for hydroxylation is 1. The Morgan fingerprint density at radius 1 is 1.27 bits per heavy atom. The molecule has 2 aromatic carbocycles. The smallest absolute Gasteiger partial charge is 0.153 e. The fraction of sp³-hybridized carbons (Fsp3) is 0.294. The Morgan fingerprint density at radius 2 is 2.00 bits per heavy atom. The van der Waals surface area contributed by atoms with Crippen molar-refractivity contribution in [2.45, 2.75) is 25.0 Å². The number of nitrogens with zero attached hydrogens (tertiary/aromatic N) is 3. The Balaban J connectivity index is 2.00. The lowest BCUT2D eigenvalue weighted by Gasteiger charge is -2.30. The second-order valence-corrected chi connectivity index (χ2v) is 5.63. The maximum absolute atomic E-state index is 11.0. The first kappa shape index (κ1) is 14.4. The number of hydrogen-bond donors (Lipinski definition) is 1. The summed E-state index contributed by atoms with van der Waals surface area (Å²) in [5.41, 5.74) is 10.3. The van der Waals surface area contributed by atoms with Crippen molar-refractivity contribution in [2.24, 2.45) is 5.11 Å². The van der Waals surface area contributed by atoms with Crippen molar-refractivity contribution >= 4 is 0 Å². The lowest BCUT2D eigenvalue weighted by atomic mass is 9.97. The first-order valence-electron chi connectivity index (χ1n) is 7.17. The average molecular weight is 295 g/mol. The molecule has 0 aromatic heterocycles. The molecule has 2 aromatic rings. The van der Waals surface area contributed by atoms with E-state index in [1.807, 2.05) is 55.5 Å². The van der Waals surface area contributed by atoms with E-state index in [-0.39, 0.29) is 6.54 Å². The minimum absolute atomic E-state index is 0.0191. The van der Waals surface area contributed by atoms with E-state index in [4.69, 9.17) is 10.3 Å². The van der Waals surface area contributed by atoms with Gasteiger partial charge in [0.1, 0.15) is 11.4 Å².